The number of anilines is 2. The van der Waals surface area contributed by atoms with E-state index in [1.807, 2.05) is 25.5 Å². The number of nitrogens with one attached hydrogen (secondary N) is 2. The first-order valence-corrected chi connectivity index (χ1v) is 6.81. The number of hydrogen-bond donors (Lipinski definition) is 3. The van der Waals surface area contributed by atoms with E-state index in [-0.39, 0.29) is 11.9 Å². The number of benzene rings is 1. The average Bonchev–Trinajstić information content (AvgIpc) is 2.87. The van der Waals surface area contributed by atoms with Crippen molar-refractivity contribution in [3.05, 3.63) is 35.9 Å². The van der Waals surface area contributed by atoms with Crippen molar-refractivity contribution in [3.8, 4) is 0 Å². The summed E-state index contributed by atoms with van der Waals surface area (Å²) in [6.07, 6.45) is 1.64. The molecule has 0 aliphatic carbocycles. The topological polar surface area (TPSA) is 97.9 Å². The van der Waals surface area contributed by atoms with Crippen molar-refractivity contribution < 1.29 is 4.79 Å². The van der Waals surface area contributed by atoms with Crippen molar-refractivity contribution in [2.75, 3.05) is 17.6 Å². The average molecular weight is 288 g/mol. The number of carbonyl (C=O) groups is 1. The summed E-state index contributed by atoms with van der Waals surface area (Å²) in [7, 11) is 1.88. The molecular weight excluding hydrogens is 268 g/mol. The van der Waals surface area contributed by atoms with Crippen molar-refractivity contribution in [1.82, 2.24) is 20.1 Å². The number of hydrogen-bond acceptors (Lipinski definition) is 5. The highest BCUT2D eigenvalue weighted by molar-refractivity contribution is 5.96. The lowest BCUT2D eigenvalue weighted by Gasteiger charge is -2.16. The summed E-state index contributed by atoms with van der Waals surface area (Å²) in [5.41, 5.74) is 7.82. The zero-order chi connectivity index (χ0) is 15.4. The number of aromatic nitrogens is 3. The zero-order valence-corrected chi connectivity index (χ0v) is 12.4. The Balaban J connectivity index is 2.21. The highest BCUT2D eigenvalue weighted by Crippen LogP contribution is 2.24. The fourth-order valence-corrected chi connectivity index (χ4v) is 2.07. The Labute approximate surface area is 123 Å². The highest BCUT2D eigenvalue weighted by atomic mass is 16.1. The van der Waals surface area contributed by atoms with Gasteiger partial charge in [0, 0.05) is 19.2 Å². The summed E-state index contributed by atoms with van der Waals surface area (Å²) in [6, 6.07) is 5.09. The van der Waals surface area contributed by atoms with Gasteiger partial charge in [-0.05, 0) is 32.0 Å². The lowest BCUT2D eigenvalue weighted by atomic mass is 10.1. The molecule has 0 aliphatic rings. The second-order valence-corrected chi connectivity index (χ2v) is 4.83. The second kappa shape index (κ2) is 6.25. The van der Waals surface area contributed by atoms with Gasteiger partial charge in [0.15, 0.2) is 5.82 Å². The Morgan fingerprint density at radius 3 is 2.86 bits per heavy atom. The maximum Gasteiger partial charge on any atom is 0.251 e. The smallest absolute Gasteiger partial charge is 0.251 e. The fraction of sp³-hybridized carbons (Fsp3) is 0.357. The number of carbonyl (C=O) groups excluding carboxylic acids is 1. The molecule has 0 spiro atoms. The lowest BCUT2D eigenvalue weighted by Crippen LogP contribution is -2.23. The molecule has 0 fully saturated rings. The van der Waals surface area contributed by atoms with E-state index in [2.05, 4.69) is 20.8 Å². The number of nitrogens with two attached hydrogens (primary N) is 1. The molecule has 0 radical (unpaired) electrons. The van der Waals surface area contributed by atoms with E-state index in [0.29, 0.717) is 23.5 Å². The van der Waals surface area contributed by atoms with Crippen molar-refractivity contribution in [1.29, 1.82) is 0 Å². The molecule has 7 nitrogen and oxygen atoms in total. The first kappa shape index (κ1) is 14.8. The van der Waals surface area contributed by atoms with Gasteiger partial charge >= 0.3 is 0 Å². The first-order chi connectivity index (χ1) is 10.0. The van der Waals surface area contributed by atoms with Crippen molar-refractivity contribution in [3.63, 3.8) is 0 Å². The van der Waals surface area contributed by atoms with E-state index in [0.717, 1.165) is 5.82 Å². The van der Waals surface area contributed by atoms with Crippen LogP contribution in [-0.4, -0.2) is 27.2 Å². The van der Waals surface area contributed by atoms with E-state index < -0.39 is 0 Å². The van der Waals surface area contributed by atoms with Gasteiger partial charge in [-0.15, -0.1) is 10.2 Å². The number of nitrogens with zero attached hydrogens (tertiary/aromatic N) is 3. The van der Waals surface area contributed by atoms with Gasteiger partial charge in [-0.3, -0.25) is 4.79 Å². The van der Waals surface area contributed by atoms with Gasteiger partial charge in [-0.1, -0.05) is 0 Å². The van der Waals surface area contributed by atoms with Gasteiger partial charge in [-0.25, -0.2) is 0 Å². The molecular formula is C14H20N6O. The number of aryl methyl sites for hydroxylation is 1. The molecule has 1 unspecified atom stereocenters. The molecule has 2 rings (SSSR count). The van der Waals surface area contributed by atoms with Gasteiger partial charge < -0.3 is 20.9 Å². The third-order valence-electron chi connectivity index (χ3n) is 3.16. The van der Waals surface area contributed by atoms with Crippen molar-refractivity contribution in [2.45, 2.75) is 19.9 Å². The molecule has 1 heterocycles. The highest BCUT2D eigenvalue weighted by Gasteiger charge is 2.14. The van der Waals surface area contributed by atoms with Gasteiger partial charge in [-0.2, -0.15) is 0 Å². The lowest BCUT2D eigenvalue weighted by molar-refractivity contribution is 0.0956. The summed E-state index contributed by atoms with van der Waals surface area (Å²) in [5, 5.41) is 13.9. The van der Waals surface area contributed by atoms with Crippen LogP contribution in [0.4, 0.5) is 11.4 Å². The largest absolute Gasteiger partial charge is 0.397 e. The van der Waals surface area contributed by atoms with E-state index in [1.54, 1.807) is 24.5 Å². The van der Waals surface area contributed by atoms with Crippen LogP contribution in [0.25, 0.3) is 0 Å². The monoisotopic (exact) mass is 288 g/mol. The molecule has 112 valence electrons. The zero-order valence-electron chi connectivity index (χ0n) is 12.4. The van der Waals surface area contributed by atoms with E-state index >= 15 is 0 Å². The molecule has 0 saturated heterocycles. The molecule has 0 bridgehead atoms. The van der Waals surface area contributed by atoms with E-state index in [4.69, 9.17) is 5.73 Å². The predicted octanol–water partition coefficient (Wildman–Crippen LogP) is 1.32. The van der Waals surface area contributed by atoms with Gasteiger partial charge in [0.2, 0.25) is 0 Å². The summed E-state index contributed by atoms with van der Waals surface area (Å²) >= 11 is 0. The van der Waals surface area contributed by atoms with Crippen LogP contribution >= 0.6 is 0 Å². The number of rotatable bonds is 5. The SMILES string of the molecule is CCNC(=O)c1ccc(N)c(NC(C)c2nncn2C)c1. The molecule has 1 amide bonds. The molecule has 1 aromatic carbocycles. The summed E-state index contributed by atoms with van der Waals surface area (Å²) in [4.78, 5) is 11.9. The van der Waals surface area contributed by atoms with Gasteiger partial charge in [0.05, 0.1) is 17.4 Å². The minimum atomic E-state index is -0.119. The normalized spacial score (nSPS) is 12.0. The van der Waals surface area contributed by atoms with Crippen LogP contribution in [-0.2, 0) is 7.05 Å². The molecule has 1 atom stereocenters. The maximum atomic E-state index is 11.9. The minimum absolute atomic E-state index is 0.0794. The molecule has 2 aromatic rings. The van der Waals surface area contributed by atoms with Gasteiger partial charge in [0.25, 0.3) is 5.91 Å². The van der Waals surface area contributed by atoms with Crippen molar-refractivity contribution in [2.24, 2.45) is 7.05 Å². The number of nitrogen functional groups attached to an aromatic ring is 1. The van der Waals surface area contributed by atoms with Crippen LogP contribution < -0.4 is 16.4 Å². The van der Waals surface area contributed by atoms with Crippen LogP contribution in [0.5, 0.6) is 0 Å². The molecule has 1 aromatic heterocycles. The second-order valence-electron chi connectivity index (χ2n) is 4.83. The summed E-state index contributed by atoms with van der Waals surface area (Å²) in [6.45, 7) is 4.42. The van der Waals surface area contributed by atoms with Crippen LogP contribution in [0.15, 0.2) is 24.5 Å². The Bertz CT molecular complexity index is 636. The number of amides is 1. The Hall–Kier alpha value is -2.57. The van der Waals surface area contributed by atoms with Gasteiger partial charge in [0.1, 0.15) is 6.33 Å². The van der Waals surface area contributed by atoms with Crippen LogP contribution in [0.2, 0.25) is 0 Å². The van der Waals surface area contributed by atoms with Crippen LogP contribution in [0.3, 0.4) is 0 Å². The Morgan fingerprint density at radius 1 is 1.48 bits per heavy atom. The van der Waals surface area contributed by atoms with Crippen LogP contribution in [0, 0.1) is 0 Å². The molecule has 0 aliphatic heterocycles. The first-order valence-electron chi connectivity index (χ1n) is 6.81. The third kappa shape index (κ3) is 3.31. The minimum Gasteiger partial charge on any atom is -0.397 e. The molecule has 4 N–H and O–H groups in total. The third-order valence-corrected chi connectivity index (χ3v) is 3.16. The quantitative estimate of drug-likeness (QED) is 0.721. The summed E-state index contributed by atoms with van der Waals surface area (Å²) < 4.78 is 1.83. The van der Waals surface area contributed by atoms with Crippen molar-refractivity contribution >= 4 is 17.3 Å². The van der Waals surface area contributed by atoms with E-state index in [9.17, 15) is 4.79 Å². The maximum absolute atomic E-state index is 11.9. The Kier molecular flexibility index (Phi) is 4.42. The Morgan fingerprint density at radius 2 is 2.24 bits per heavy atom. The van der Waals surface area contributed by atoms with Crippen LogP contribution in [0.1, 0.15) is 36.1 Å². The summed E-state index contributed by atoms with van der Waals surface area (Å²) in [5.74, 6) is 0.671. The molecule has 7 heteroatoms. The predicted molar refractivity (Wildman–Crippen MR) is 81.9 cm³/mol. The standard InChI is InChI=1S/C14H20N6O/c1-4-16-14(21)10-5-6-11(15)12(7-10)18-9(2)13-19-17-8-20(13)3/h5-9,18H,4,15H2,1-3H3,(H,16,21). The van der Waals surface area contributed by atoms with E-state index in [1.165, 1.54) is 0 Å². The molecule has 0 saturated carbocycles. The molecule has 21 heavy (non-hydrogen) atoms. The fourth-order valence-electron chi connectivity index (χ4n) is 2.07.